The molecule has 0 rings (SSSR count). The maximum Gasteiger partial charge on any atom is 0.220 e. The number of aliphatic hydroxyl groups is 2. The first kappa shape index (κ1) is 45.3. The molecule has 2 unspecified atom stereocenters. The molecule has 0 saturated heterocycles. The third kappa shape index (κ3) is 34.6. The van der Waals surface area contributed by atoms with Gasteiger partial charge in [-0.2, -0.15) is 0 Å². The molecule has 0 bridgehead atoms. The largest absolute Gasteiger partial charge is 0.394 e. The Balaban J connectivity index is 3.81. The Morgan fingerprint density at radius 1 is 0.521 bits per heavy atom. The minimum Gasteiger partial charge on any atom is -0.394 e. The van der Waals surface area contributed by atoms with E-state index in [1.54, 1.807) is 6.08 Å². The fourth-order valence-corrected chi connectivity index (χ4v) is 5.08. The van der Waals surface area contributed by atoms with Crippen molar-refractivity contribution in [2.24, 2.45) is 0 Å². The van der Waals surface area contributed by atoms with E-state index in [1.165, 1.54) is 57.8 Å². The van der Waals surface area contributed by atoms with Crippen molar-refractivity contribution in [2.45, 2.75) is 167 Å². The maximum absolute atomic E-state index is 12.3. The molecule has 2 atom stereocenters. The Morgan fingerprint density at radius 2 is 0.938 bits per heavy atom. The summed E-state index contributed by atoms with van der Waals surface area (Å²) in [5.74, 6) is -0.122. The van der Waals surface area contributed by atoms with Gasteiger partial charge in [0.05, 0.1) is 18.8 Å². The summed E-state index contributed by atoms with van der Waals surface area (Å²) in [5.41, 5.74) is 0. The van der Waals surface area contributed by atoms with Crippen molar-refractivity contribution in [3.05, 3.63) is 97.2 Å². The Morgan fingerprint density at radius 3 is 1.46 bits per heavy atom. The van der Waals surface area contributed by atoms with Crippen LogP contribution in [0.5, 0.6) is 0 Å². The van der Waals surface area contributed by atoms with Crippen molar-refractivity contribution in [3.8, 4) is 0 Å². The van der Waals surface area contributed by atoms with Gasteiger partial charge in [0.1, 0.15) is 0 Å². The molecule has 4 nitrogen and oxygen atoms in total. The van der Waals surface area contributed by atoms with Crippen LogP contribution in [0.4, 0.5) is 0 Å². The third-order valence-corrected chi connectivity index (χ3v) is 8.05. The van der Waals surface area contributed by atoms with Gasteiger partial charge in [0, 0.05) is 6.42 Å². The van der Waals surface area contributed by atoms with Crippen LogP contribution in [0.15, 0.2) is 97.2 Å². The summed E-state index contributed by atoms with van der Waals surface area (Å²) < 4.78 is 0. The highest BCUT2D eigenvalue weighted by molar-refractivity contribution is 5.76. The fraction of sp³-hybridized carbons (Fsp3) is 0.614. The smallest absolute Gasteiger partial charge is 0.220 e. The number of amides is 1. The van der Waals surface area contributed by atoms with Gasteiger partial charge in [-0.25, -0.2) is 0 Å². The number of nitrogens with one attached hydrogen (secondary N) is 1. The molecule has 272 valence electrons. The first-order valence-corrected chi connectivity index (χ1v) is 19.5. The molecular formula is C44H73NO3. The minimum atomic E-state index is -0.885. The summed E-state index contributed by atoms with van der Waals surface area (Å²) in [4.78, 5) is 12.3. The molecule has 4 heteroatoms. The monoisotopic (exact) mass is 664 g/mol. The van der Waals surface area contributed by atoms with E-state index in [-0.39, 0.29) is 12.5 Å². The van der Waals surface area contributed by atoms with E-state index >= 15 is 0 Å². The van der Waals surface area contributed by atoms with Crippen molar-refractivity contribution in [3.63, 3.8) is 0 Å². The number of allylic oxidation sites excluding steroid dienone is 15. The molecule has 0 spiro atoms. The van der Waals surface area contributed by atoms with Crippen LogP contribution in [0.25, 0.3) is 0 Å². The molecule has 0 aromatic carbocycles. The number of unbranched alkanes of at least 4 members (excludes halogenated alkanes) is 12. The summed E-state index contributed by atoms with van der Waals surface area (Å²) in [6.45, 7) is 4.14. The molecule has 0 aliphatic heterocycles. The summed E-state index contributed by atoms with van der Waals surface area (Å²) >= 11 is 0. The van der Waals surface area contributed by atoms with Gasteiger partial charge in [0.2, 0.25) is 5.91 Å². The zero-order chi connectivity index (χ0) is 35.0. The van der Waals surface area contributed by atoms with E-state index in [0.717, 1.165) is 77.0 Å². The molecule has 48 heavy (non-hydrogen) atoms. The van der Waals surface area contributed by atoms with Crippen molar-refractivity contribution >= 4 is 5.91 Å². The second kappa shape index (κ2) is 38.8. The first-order valence-electron chi connectivity index (χ1n) is 19.5. The number of rotatable bonds is 33. The molecule has 0 fully saturated rings. The highest BCUT2D eigenvalue weighted by atomic mass is 16.3. The van der Waals surface area contributed by atoms with E-state index in [0.29, 0.717) is 6.42 Å². The van der Waals surface area contributed by atoms with Crippen LogP contribution in [0.1, 0.15) is 155 Å². The van der Waals surface area contributed by atoms with E-state index < -0.39 is 12.1 Å². The first-order chi connectivity index (χ1) is 23.7. The van der Waals surface area contributed by atoms with Crippen molar-refractivity contribution in [2.75, 3.05) is 6.61 Å². The van der Waals surface area contributed by atoms with Crippen LogP contribution in [0, 0.1) is 0 Å². The van der Waals surface area contributed by atoms with Gasteiger partial charge in [0.25, 0.3) is 0 Å². The Hall–Kier alpha value is -2.69. The zero-order valence-corrected chi connectivity index (χ0v) is 31.0. The van der Waals surface area contributed by atoms with E-state index in [2.05, 4.69) is 104 Å². The average Bonchev–Trinajstić information content (AvgIpc) is 3.09. The van der Waals surface area contributed by atoms with Crippen molar-refractivity contribution in [1.29, 1.82) is 0 Å². The van der Waals surface area contributed by atoms with E-state index in [4.69, 9.17) is 0 Å². The van der Waals surface area contributed by atoms with Crippen LogP contribution in [0.2, 0.25) is 0 Å². The molecule has 0 saturated carbocycles. The van der Waals surface area contributed by atoms with Gasteiger partial charge in [-0.1, -0.05) is 162 Å². The second-order valence-electron chi connectivity index (χ2n) is 12.6. The van der Waals surface area contributed by atoms with Crippen LogP contribution < -0.4 is 5.32 Å². The minimum absolute atomic E-state index is 0.122. The van der Waals surface area contributed by atoms with E-state index in [1.807, 2.05) is 6.08 Å². The molecule has 0 aromatic heterocycles. The lowest BCUT2D eigenvalue weighted by atomic mass is 10.1. The molecule has 3 N–H and O–H groups in total. The maximum atomic E-state index is 12.3. The lowest BCUT2D eigenvalue weighted by molar-refractivity contribution is -0.123. The lowest BCUT2D eigenvalue weighted by Gasteiger charge is -2.19. The lowest BCUT2D eigenvalue weighted by Crippen LogP contribution is -2.45. The zero-order valence-electron chi connectivity index (χ0n) is 31.0. The molecule has 0 aromatic rings. The number of hydrogen-bond acceptors (Lipinski definition) is 3. The quantitative estimate of drug-likeness (QED) is 0.0483. The topological polar surface area (TPSA) is 69.6 Å². The van der Waals surface area contributed by atoms with Crippen molar-refractivity contribution < 1.29 is 15.0 Å². The molecule has 0 aliphatic rings. The molecule has 0 heterocycles. The average molecular weight is 664 g/mol. The van der Waals surface area contributed by atoms with Crippen LogP contribution in [-0.2, 0) is 4.79 Å². The highest BCUT2D eigenvalue weighted by Gasteiger charge is 2.17. The SMILES string of the molecule is CC/C=C\C/C=C\C/C=C\C/C=C\C/C=C\C/C=C\CCCCC(=O)NC(CO)C(O)/C=C/CC/C=C/CCCCCCCCCCC. The Kier molecular flexibility index (Phi) is 36.6. The van der Waals surface area contributed by atoms with Gasteiger partial charge in [-0.05, 0) is 83.5 Å². The Bertz CT molecular complexity index is 937. The predicted octanol–water partition coefficient (Wildman–Crippen LogP) is 11.9. The highest BCUT2D eigenvalue weighted by Crippen LogP contribution is 2.11. The molecule has 1 amide bonds. The van der Waals surface area contributed by atoms with Gasteiger partial charge < -0.3 is 15.5 Å². The predicted molar refractivity (Wildman–Crippen MR) is 211 cm³/mol. The number of hydrogen-bond donors (Lipinski definition) is 3. The summed E-state index contributed by atoms with van der Waals surface area (Å²) in [6, 6.07) is -0.667. The van der Waals surface area contributed by atoms with Crippen LogP contribution in [0.3, 0.4) is 0 Å². The molecular weight excluding hydrogens is 590 g/mol. The summed E-state index contributed by atoms with van der Waals surface area (Å²) in [5, 5.41) is 22.9. The summed E-state index contributed by atoms with van der Waals surface area (Å²) in [6.07, 6.45) is 57.8. The molecule has 0 aliphatic carbocycles. The normalized spacial score (nSPS) is 14.2. The second-order valence-corrected chi connectivity index (χ2v) is 12.6. The van der Waals surface area contributed by atoms with E-state index in [9.17, 15) is 15.0 Å². The third-order valence-electron chi connectivity index (χ3n) is 8.05. The standard InChI is InChI=1S/C44H73NO3/c1-3-5-7-9-11-13-15-17-19-20-21-22-23-24-26-28-30-32-34-36-38-40-44(48)45-42(41-46)43(47)39-37-35-33-31-29-27-25-18-16-14-12-10-8-6-4-2/h5,7,11,13,17,19,21-22,24,26,29-32,37,39,42-43,46-47H,3-4,6,8-10,12,14-16,18,20,23,25,27-28,33-36,38,40-41H2,1-2H3,(H,45,48)/b7-5-,13-11-,19-17-,22-21-,26-24-,31-29+,32-30-,39-37+. The fourth-order valence-electron chi connectivity index (χ4n) is 5.08. The molecule has 0 radical (unpaired) electrons. The number of carbonyl (C=O) groups excluding carboxylic acids is 1. The van der Waals surface area contributed by atoms with Crippen molar-refractivity contribution in [1.82, 2.24) is 5.32 Å². The van der Waals surface area contributed by atoms with Gasteiger partial charge in [0.15, 0.2) is 0 Å². The Labute approximate surface area is 296 Å². The van der Waals surface area contributed by atoms with Gasteiger partial charge in [-0.3, -0.25) is 4.79 Å². The van der Waals surface area contributed by atoms with Gasteiger partial charge >= 0.3 is 0 Å². The summed E-state index contributed by atoms with van der Waals surface area (Å²) in [7, 11) is 0. The van der Waals surface area contributed by atoms with Crippen LogP contribution >= 0.6 is 0 Å². The number of carbonyl (C=O) groups is 1. The van der Waals surface area contributed by atoms with Gasteiger partial charge in [-0.15, -0.1) is 0 Å². The van der Waals surface area contributed by atoms with Crippen LogP contribution in [-0.4, -0.2) is 34.9 Å². The number of aliphatic hydroxyl groups excluding tert-OH is 2.